The molecule has 13 heavy (non-hydrogen) atoms. The third kappa shape index (κ3) is 2.19. The Morgan fingerprint density at radius 1 is 1.62 bits per heavy atom. The molecule has 1 aliphatic rings. The fourth-order valence-corrected chi connectivity index (χ4v) is 2.32. The highest BCUT2D eigenvalue weighted by Crippen LogP contribution is 2.30. The zero-order chi connectivity index (χ0) is 10.0. The summed E-state index contributed by atoms with van der Waals surface area (Å²) in [4.78, 5) is 22.7. The van der Waals surface area contributed by atoms with Crippen molar-refractivity contribution in [1.82, 2.24) is 0 Å². The maximum absolute atomic E-state index is 11.2. The van der Waals surface area contributed by atoms with Crippen molar-refractivity contribution in [2.24, 2.45) is 0 Å². The van der Waals surface area contributed by atoms with Gasteiger partial charge in [-0.25, -0.2) is 0 Å². The quantitative estimate of drug-likeness (QED) is 0.720. The van der Waals surface area contributed by atoms with Gasteiger partial charge in [0.1, 0.15) is 6.10 Å². The number of carbonyl (C=O) groups excluding carboxylic acids is 2. The van der Waals surface area contributed by atoms with E-state index in [1.54, 1.807) is 6.92 Å². The Balaban J connectivity index is 2.94. The molecule has 0 fully saturated rings. The fourth-order valence-electron chi connectivity index (χ4n) is 1.16. The van der Waals surface area contributed by atoms with Crippen LogP contribution in [-0.4, -0.2) is 28.5 Å². The third-order valence-electron chi connectivity index (χ3n) is 2.01. The second kappa shape index (κ2) is 4.07. The van der Waals surface area contributed by atoms with E-state index in [4.69, 9.17) is 0 Å². The molecule has 0 aliphatic carbocycles. The molecule has 1 rings (SSSR count). The minimum absolute atomic E-state index is 0.0362. The number of Topliss-reactive ketones (excluding diaryl/α,β-unsaturated/α-hetero) is 2. The molecule has 0 aromatic rings. The summed E-state index contributed by atoms with van der Waals surface area (Å²) in [5.41, 5.74) is 0.541. The van der Waals surface area contributed by atoms with Gasteiger partial charge in [-0.2, -0.15) is 0 Å². The zero-order valence-electron chi connectivity index (χ0n) is 7.66. The maximum atomic E-state index is 11.2. The van der Waals surface area contributed by atoms with Crippen LogP contribution in [0.1, 0.15) is 20.3 Å². The highest BCUT2D eigenvalue weighted by Gasteiger charge is 2.25. The summed E-state index contributed by atoms with van der Waals surface area (Å²) in [7, 11) is 0. The molecule has 0 spiro atoms. The number of hydrogen-bond acceptors (Lipinski definition) is 4. The van der Waals surface area contributed by atoms with E-state index in [1.807, 2.05) is 0 Å². The summed E-state index contributed by atoms with van der Waals surface area (Å²) in [5.74, 6) is 0.390. The molecule has 0 saturated heterocycles. The van der Waals surface area contributed by atoms with Crippen molar-refractivity contribution in [2.75, 3.05) is 5.75 Å². The van der Waals surface area contributed by atoms with Gasteiger partial charge < -0.3 is 5.11 Å². The Morgan fingerprint density at radius 3 is 2.77 bits per heavy atom. The van der Waals surface area contributed by atoms with Crippen LogP contribution in [-0.2, 0) is 9.59 Å². The van der Waals surface area contributed by atoms with Crippen molar-refractivity contribution in [2.45, 2.75) is 26.4 Å². The molecule has 0 saturated carbocycles. The Kier molecular flexibility index (Phi) is 3.27. The predicted octanol–water partition coefficient (Wildman–Crippen LogP) is 0.916. The average molecular weight is 200 g/mol. The van der Waals surface area contributed by atoms with E-state index < -0.39 is 6.10 Å². The number of ketones is 2. The Bertz CT molecular complexity index is 281. The zero-order valence-corrected chi connectivity index (χ0v) is 8.48. The molecule has 1 aliphatic heterocycles. The lowest BCUT2D eigenvalue weighted by Gasteiger charge is -2.18. The van der Waals surface area contributed by atoms with E-state index in [-0.39, 0.29) is 11.6 Å². The predicted molar refractivity (Wildman–Crippen MR) is 51.5 cm³/mol. The molecular weight excluding hydrogens is 188 g/mol. The molecule has 1 unspecified atom stereocenters. The molecule has 3 nitrogen and oxygen atoms in total. The Morgan fingerprint density at radius 2 is 2.23 bits per heavy atom. The van der Waals surface area contributed by atoms with E-state index in [0.717, 1.165) is 0 Å². The van der Waals surface area contributed by atoms with Gasteiger partial charge in [-0.15, -0.1) is 11.8 Å². The van der Waals surface area contributed by atoms with Gasteiger partial charge in [-0.1, -0.05) is 0 Å². The number of aliphatic hydroxyl groups excluding tert-OH is 1. The number of rotatable bonds is 2. The topological polar surface area (TPSA) is 54.4 Å². The van der Waals surface area contributed by atoms with Gasteiger partial charge in [0.2, 0.25) is 0 Å². The molecule has 0 aromatic heterocycles. The van der Waals surface area contributed by atoms with Crippen LogP contribution in [0.5, 0.6) is 0 Å². The Hall–Kier alpha value is -0.610. The van der Waals surface area contributed by atoms with Crippen LogP contribution in [0.15, 0.2) is 10.5 Å². The standard InChI is InChI=1S/C9H12O3S/c1-5-7(11)3-4-13-9(5)8(12)6(2)10/h8,12H,3-4H2,1-2H3. The van der Waals surface area contributed by atoms with Gasteiger partial charge in [0, 0.05) is 22.7 Å². The van der Waals surface area contributed by atoms with Crippen molar-refractivity contribution in [3.8, 4) is 0 Å². The van der Waals surface area contributed by atoms with Crippen LogP contribution in [0, 0.1) is 0 Å². The highest BCUT2D eigenvalue weighted by atomic mass is 32.2. The number of aliphatic hydroxyl groups is 1. The molecular formula is C9H12O3S. The monoisotopic (exact) mass is 200 g/mol. The molecule has 1 heterocycles. The van der Waals surface area contributed by atoms with Crippen molar-refractivity contribution < 1.29 is 14.7 Å². The van der Waals surface area contributed by atoms with E-state index in [9.17, 15) is 14.7 Å². The van der Waals surface area contributed by atoms with Gasteiger partial charge in [-0.3, -0.25) is 9.59 Å². The van der Waals surface area contributed by atoms with Crippen LogP contribution >= 0.6 is 11.8 Å². The van der Waals surface area contributed by atoms with E-state index in [1.165, 1.54) is 18.7 Å². The van der Waals surface area contributed by atoms with E-state index in [2.05, 4.69) is 0 Å². The van der Waals surface area contributed by atoms with Crippen LogP contribution < -0.4 is 0 Å². The van der Waals surface area contributed by atoms with E-state index in [0.29, 0.717) is 22.7 Å². The van der Waals surface area contributed by atoms with Gasteiger partial charge in [0.05, 0.1) is 0 Å². The third-order valence-corrected chi connectivity index (χ3v) is 3.26. The molecule has 4 heteroatoms. The van der Waals surface area contributed by atoms with Crippen LogP contribution in [0.25, 0.3) is 0 Å². The molecule has 1 N–H and O–H groups in total. The molecule has 0 bridgehead atoms. The largest absolute Gasteiger partial charge is 0.380 e. The van der Waals surface area contributed by atoms with Gasteiger partial charge in [0.25, 0.3) is 0 Å². The summed E-state index contributed by atoms with van der Waals surface area (Å²) in [5, 5.41) is 9.46. The lowest BCUT2D eigenvalue weighted by Crippen LogP contribution is -2.23. The molecule has 0 aromatic carbocycles. The van der Waals surface area contributed by atoms with E-state index >= 15 is 0 Å². The summed E-state index contributed by atoms with van der Waals surface area (Å²) >= 11 is 1.40. The van der Waals surface area contributed by atoms with Crippen molar-refractivity contribution in [3.63, 3.8) is 0 Å². The summed E-state index contributed by atoms with van der Waals surface area (Å²) in [6, 6.07) is 0. The number of allylic oxidation sites excluding steroid dienone is 1. The van der Waals surface area contributed by atoms with Gasteiger partial charge in [-0.05, 0) is 13.8 Å². The van der Waals surface area contributed by atoms with Gasteiger partial charge in [0.15, 0.2) is 11.6 Å². The summed E-state index contributed by atoms with van der Waals surface area (Å²) in [6.07, 6.45) is -0.598. The normalized spacial score (nSPS) is 20.4. The molecule has 0 radical (unpaired) electrons. The minimum Gasteiger partial charge on any atom is -0.380 e. The second-order valence-corrected chi connectivity index (χ2v) is 4.16. The molecule has 1 atom stereocenters. The number of carbonyl (C=O) groups is 2. The molecule has 0 amide bonds. The first-order chi connectivity index (χ1) is 6.04. The average Bonchev–Trinajstić information content (AvgIpc) is 2.08. The highest BCUT2D eigenvalue weighted by molar-refractivity contribution is 8.03. The first-order valence-electron chi connectivity index (χ1n) is 4.09. The maximum Gasteiger partial charge on any atom is 0.163 e. The lowest BCUT2D eigenvalue weighted by atomic mass is 10.1. The minimum atomic E-state index is -1.10. The van der Waals surface area contributed by atoms with Crippen LogP contribution in [0.3, 0.4) is 0 Å². The molecule has 72 valence electrons. The van der Waals surface area contributed by atoms with Crippen molar-refractivity contribution >= 4 is 23.3 Å². The smallest absolute Gasteiger partial charge is 0.163 e. The van der Waals surface area contributed by atoms with Gasteiger partial charge >= 0.3 is 0 Å². The van der Waals surface area contributed by atoms with Crippen molar-refractivity contribution in [1.29, 1.82) is 0 Å². The lowest BCUT2D eigenvalue weighted by molar-refractivity contribution is -0.122. The number of hydrogen-bond donors (Lipinski definition) is 1. The van der Waals surface area contributed by atoms with Crippen LogP contribution in [0.4, 0.5) is 0 Å². The summed E-state index contributed by atoms with van der Waals surface area (Å²) in [6.45, 7) is 2.99. The Labute approximate surface area is 81.2 Å². The summed E-state index contributed by atoms with van der Waals surface area (Å²) < 4.78 is 0. The van der Waals surface area contributed by atoms with Crippen molar-refractivity contribution in [3.05, 3.63) is 10.5 Å². The fraction of sp³-hybridized carbons (Fsp3) is 0.556. The first kappa shape index (κ1) is 10.5. The first-order valence-corrected chi connectivity index (χ1v) is 5.08. The van der Waals surface area contributed by atoms with Crippen LogP contribution in [0.2, 0.25) is 0 Å². The second-order valence-electron chi connectivity index (χ2n) is 3.02. The number of thioether (sulfide) groups is 1. The SMILES string of the molecule is CC(=O)C(O)C1=C(C)C(=O)CCS1.